The number of benzene rings is 1. The minimum atomic E-state index is -0.284. The third-order valence-corrected chi connectivity index (χ3v) is 2.54. The van der Waals surface area contributed by atoms with E-state index in [2.05, 4.69) is 11.4 Å². The van der Waals surface area contributed by atoms with Crippen LogP contribution in [0.1, 0.15) is 27.9 Å². The van der Waals surface area contributed by atoms with Gasteiger partial charge >= 0.3 is 5.97 Å². The smallest absolute Gasteiger partial charge is 0.338 e. The second kappa shape index (κ2) is 6.86. The summed E-state index contributed by atoms with van der Waals surface area (Å²) >= 11 is 0. The molecule has 0 unspecified atom stereocenters. The predicted molar refractivity (Wildman–Crippen MR) is 70.1 cm³/mol. The van der Waals surface area contributed by atoms with Crippen molar-refractivity contribution in [3.05, 3.63) is 41.0 Å². The van der Waals surface area contributed by atoms with Gasteiger partial charge in [-0.3, -0.25) is 0 Å². The van der Waals surface area contributed by atoms with Crippen LogP contribution < -0.4 is 5.32 Å². The Labute approximate surface area is 102 Å². The summed E-state index contributed by atoms with van der Waals surface area (Å²) in [6, 6.07) is 5.79. The maximum Gasteiger partial charge on any atom is 0.338 e. The molecule has 1 aromatic carbocycles. The monoisotopic (exact) mass is 233 g/mol. The molecule has 3 heteroatoms. The zero-order valence-electron chi connectivity index (χ0n) is 10.6. The average Bonchev–Trinajstić information content (AvgIpc) is 2.35. The number of rotatable bonds is 5. The van der Waals surface area contributed by atoms with Crippen LogP contribution in [-0.4, -0.2) is 26.7 Å². The van der Waals surface area contributed by atoms with Crippen LogP contribution in [0.25, 0.3) is 6.08 Å². The Balaban J connectivity index is 2.81. The standard InChI is InChI=1S/C14H19NO2/c1-11-7-8-12(6-4-5-9-15-2)10-13(11)14(16)17-3/h4,6-8,10,15H,5,9H2,1-3H3. The van der Waals surface area contributed by atoms with Crippen LogP contribution in [0.5, 0.6) is 0 Å². The van der Waals surface area contributed by atoms with Crippen LogP contribution in [0.4, 0.5) is 0 Å². The topological polar surface area (TPSA) is 38.3 Å². The van der Waals surface area contributed by atoms with Crippen molar-refractivity contribution in [2.45, 2.75) is 13.3 Å². The molecule has 3 nitrogen and oxygen atoms in total. The van der Waals surface area contributed by atoms with E-state index >= 15 is 0 Å². The fraction of sp³-hybridized carbons (Fsp3) is 0.357. The van der Waals surface area contributed by atoms with Crippen molar-refractivity contribution >= 4 is 12.0 Å². The Morgan fingerprint density at radius 2 is 2.24 bits per heavy atom. The van der Waals surface area contributed by atoms with Gasteiger partial charge in [0.2, 0.25) is 0 Å². The van der Waals surface area contributed by atoms with Crippen molar-refractivity contribution in [1.29, 1.82) is 0 Å². The van der Waals surface area contributed by atoms with E-state index in [4.69, 9.17) is 4.74 Å². The molecule has 1 rings (SSSR count). The van der Waals surface area contributed by atoms with Crippen molar-refractivity contribution < 1.29 is 9.53 Å². The second-order valence-corrected chi connectivity index (χ2v) is 3.86. The Bertz CT molecular complexity index is 411. The molecule has 1 aromatic rings. The number of ether oxygens (including phenoxy) is 1. The normalized spacial score (nSPS) is 10.8. The number of nitrogens with one attached hydrogen (secondary N) is 1. The molecular weight excluding hydrogens is 214 g/mol. The third-order valence-electron chi connectivity index (χ3n) is 2.54. The number of esters is 1. The van der Waals surface area contributed by atoms with Gasteiger partial charge in [0, 0.05) is 0 Å². The van der Waals surface area contributed by atoms with E-state index in [-0.39, 0.29) is 5.97 Å². The molecule has 0 fully saturated rings. The zero-order chi connectivity index (χ0) is 12.7. The molecule has 0 aliphatic carbocycles. The molecular formula is C14H19NO2. The highest BCUT2D eigenvalue weighted by Crippen LogP contribution is 2.13. The summed E-state index contributed by atoms with van der Waals surface area (Å²) in [5.74, 6) is -0.284. The molecule has 1 N–H and O–H groups in total. The summed E-state index contributed by atoms with van der Waals surface area (Å²) < 4.78 is 4.74. The summed E-state index contributed by atoms with van der Waals surface area (Å²) in [6.45, 7) is 2.85. The largest absolute Gasteiger partial charge is 0.465 e. The van der Waals surface area contributed by atoms with Crippen LogP contribution >= 0.6 is 0 Å². The number of carbonyl (C=O) groups is 1. The molecule has 0 aliphatic heterocycles. The van der Waals surface area contributed by atoms with Crippen molar-refractivity contribution in [2.75, 3.05) is 20.7 Å². The van der Waals surface area contributed by atoms with Gasteiger partial charge in [0.1, 0.15) is 0 Å². The van der Waals surface area contributed by atoms with E-state index in [0.717, 1.165) is 24.1 Å². The lowest BCUT2D eigenvalue weighted by Gasteiger charge is -2.04. The number of aryl methyl sites for hydroxylation is 1. The van der Waals surface area contributed by atoms with Gasteiger partial charge in [-0.25, -0.2) is 4.79 Å². The van der Waals surface area contributed by atoms with Gasteiger partial charge in [-0.05, 0) is 44.1 Å². The van der Waals surface area contributed by atoms with Gasteiger partial charge in [0.25, 0.3) is 0 Å². The molecule has 0 heterocycles. The Morgan fingerprint density at radius 3 is 2.88 bits per heavy atom. The van der Waals surface area contributed by atoms with Gasteiger partial charge in [-0.1, -0.05) is 24.3 Å². The van der Waals surface area contributed by atoms with Crippen molar-refractivity contribution in [1.82, 2.24) is 5.32 Å². The fourth-order valence-corrected chi connectivity index (χ4v) is 1.52. The van der Waals surface area contributed by atoms with Gasteiger partial charge < -0.3 is 10.1 Å². The van der Waals surface area contributed by atoms with E-state index in [9.17, 15) is 4.79 Å². The Morgan fingerprint density at radius 1 is 1.47 bits per heavy atom. The average molecular weight is 233 g/mol. The van der Waals surface area contributed by atoms with Crippen LogP contribution in [0, 0.1) is 6.92 Å². The van der Waals surface area contributed by atoms with E-state index in [0.29, 0.717) is 5.56 Å². The van der Waals surface area contributed by atoms with Crippen molar-refractivity contribution in [3.63, 3.8) is 0 Å². The summed E-state index contributed by atoms with van der Waals surface area (Å²) in [5, 5.41) is 3.08. The second-order valence-electron chi connectivity index (χ2n) is 3.86. The first-order chi connectivity index (χ1) is 8.19. The highest BCUT2D eigenvalue weighted by Gasteiger charge is 2.08. The molecule has 0 saturated heterocycles. The summed E-state index contributed by atoms with van der Waals surface area (Å²) in [7, 11) is 3.33. The molecule has 0 bridgehead atoms. The number of methoxy groups -OCH3 is 1. The van der Waals surface area contributed by atoms with Crippen molar-refractivity contribution in [3.8, 4) is 0 Å². The summed E-state index contributed by atoms with van der Waals surface area (Å²) in [6.07, 6.45) is 5.07. The van der Waals surface area contributed by atoms with Crippen LogP contribution in [0.2, 0.25) is 0 Å². The fourth-order valence-electron chi connectivity index (χ4n) is 1.52. The summed E-state index contributed by atoms with van der Waals surface area (Å²) in [5.41, 5.74) is 2.58. The highest BCUT2D eigenvalue weighted by molar-refractivity contribution is 5.91. The van der Waals surface area contributed by atoms with Crippen molar-refractivity contribution in [2.24, 2.45) is 0 Å². The first-order valence-corrected chi connectivity index (χ1v) is 5.69. The van der Waals surface area contributed by atoms with E-state index in [1.165, 1.54) is 7.11 Å². The first kappa shape index (κ1) is 13.5. The lowest BCUT2D eigenvalue weighted by Crippen LogP contribution is -2.05. The third kappa shape index (κ3) is 4.04. The predicted octanol–water partition coefficient (Wildman–Crippen LogP) is 2.40. The van der Waals surface area contributed by atoms with Gasteiger partial charge in [-0.2, -0.15) is 0 Å². The maximum absolute atomic E-state index is 11.5. The molecule has 0 radical (unpaired) electrons. The molecule has 0 saturated carbocycles. The first-order valence-electron chi connectivity index (χ1n) is 5.69. The lowest BCUT2D eigenvalue weighted by atomic mass is 10.0. The quantitative estimate of drug-likeness (QED) is 0.627. The molecule has 0 spiro atoms. The molecule has 0 aromatic heterocycles. The molecule has 0 amide bonds. The van der Waals surface area contributed by atoms with Crippen LogP contribution in [0.15, 0.2) is 24.3 Å². The number of hydrogen-bond acceptors (Lipinski definition) is 3. The molecule has 92 valence electrons. The van der Waals surface area contributed by atoms with Gasteiger partial charge in [0.05, 0.1) is 12.7 Å². The Hall–Kier alpha value is -1.61. The van der Waals surface area contributed by atoms with E-state index in [1.807, 2.05) is 38.2 Å². The van der Waals surface area contributed by atoms with Gasteiger partial charge in [0.15, 0.2) is 0 Å². The molecule has 17 heavy (non-hydrogen) atoms. The maximum atomic E-state index is 11.5. The highest BCUT2D eigenvalue weighted by atomic mass is 16.5. The van der Waals surface area contributed by atoms with E-state index in [1.54, 1.807) is 0 Å². The van der Waals surface area contributed by atoms with E-state index < -0.39 is 0 Å². The number of hydrogen-bond donors (Lipinski definition) is 1. The number of carbonyl (C=O) groups excluding carboxylic acids is 1. The van der Waals surface area contributed by atoms with Gasteiger partial charge in [-0.15, -0.1) is 0 Å². The minimum Gasteiger partial charge on any atom is -0.465 e. The Kier molecular flexibility index (Phi) is 5.43. The molecule has 0 aliphatic rings. The molecule has 0 atom stereocenters. The SMILES string of the molecule is CNCCC=Cc1ccc(C)c(C(=O)OC)c1. The zero-order valence-corrected chi connectivity index (χ0v) is 10.6. The summed E-state index contributed by atoms with van der Waals surface area (Å²) in [4.78, 5) is 11.5. The minimum absolute atomic E-state index is 0.284. The lowest BCUT2D eigenvalue weighted by molar-refractivity contribution is 0.0600. The van der Waals surface area contributed by atoms with Crippen LogP contribution in [-0.2, 0) is 4.74 Å². The van der Waals surface area contributed by atoms with Crippen LogP contribution in [0.3, 0.4) is 0 Å².